The maximum atomic E-state index is 12.4. The van der Waals surface area contributed by atoms with Crippen LogP contribution in [-0.4, -0.2) is 61.0 Å². The average Bonchev–Trinajstić information content (AvgIpc) is 2.91. The van der Waals surface area contributed by atoms with E-state index < -0.39 is 0 Å². The van der Waals surface area contributed by atoms with Crippen LogP contribution in [0.3, 0.4) is 0 Å². The number of urea groups is 1. The smallest absolute Gasteiger partial charge is 0.314 e. The second-order valence-corrected chi connectivity index (χ2v) is 7.09. The molecule has 0 aliphatic carbocycles. The Morgan fingerprint density at radius 1 is 1.00 bits per heavy atom. The van der Waals surface area contributed by atoms with Gasteiger partial charge in [-0.05, 0) is 43.2 Å². The van der Waals surface area contributed by atoms with Gasteiger partial charge in [-0.15, -0.1) is 0 Å². The van der Waals surface area contributed by atoms with Crippen molar-refractivity contribution in [1.82, 2.24) is 20.4 Å². The van der Waals surface area contributed by atoms with E-state index in [1.54, 1.807) is 18.2 Å². The lowest BCUT2D eigenvalue weighted by Crippen LogP contribution is -2.43. The number of benzene rings is 1. The Morgan fingerprint density at radius 3 is 2.42 bits per heavy atom. The predicted molar refractivity (Wildman–Crippen MR) is 103 cm³/mol. The van der Waals surface area contributed by atoms with E-state index in [-0.39, 0.29) is 11.9 Å². The van der Waals surface area contributed by atoms with Crippen molar-refractivity contribution in [2.75, 3.05) is 39.3 Å². The van der Waals surface area contributed by atoms with Gasteiger partial charge in [0.15, 0.2) is 0 Å². The zero-order chi connectivity index (χ0) is 18.4. The molecule has 1 aromatic rings. The Morgan fingerprint density at radius 2 is 1.69 bits per heavy atom. The lowest BCUT2D eigenvalue weighted by Gasteiger charge is -2.27. The third-order valence-corrected chi connectivity index (χ3v) is 4.96. The molecule has 0 spiro atoms. The van der Waals surface area contributed by atoms with Gasteiger partial charge in [-0.25, -0.2) is 4.79 Å². The SMILES string of the molecule is O=C1N/C(=C/c2ccc(Cl)cc2)C(=O)N1CCCCCN1CCNCC1. The van der Waals surface area contributed by atoms with Crippen molar-refractivity contribution >= 4 is 29.6 Å². The summed E-state index contributed by atoms with van der Waals surface area (Å²) in [6, 6.07) is 6.80. The van der Waals surface area contributed by atoms with Gasteiger partial charge < -0.3 is 15.5 Å². The first kappa shape index (κ1) is 18.9. The summed E-state index contributed by atoms with van der Waals surface area (Å²) in [7, 11) is 0. The minimum Gasteiger partial charge on any atom is -0.314 e. The molecule has 0 saturated carbocycles. The van der Waals surface area contributed by atoms with Crippen LogP contribution in [-0.2, 0) is 4.79 Å². The van der Waals surface area contributed by atoms with Gasteiger partial charge in [0.05, 0.1) is 0 Å². The van der Waals surface area contributed by atoms with Crippen molar-refractivity contribution in [3.05, 3.63) is 40.5 Å². The molecule has 3 amide bonds. The Labute approximate surface area is 159 Å². The molecule has 7 heteroatoms. The molecule has 2 aliphatic heterocycles. The fraction of sp³-hybridized carbons (Fsp3) is 0.474. The molecule has 2 fully saturated rings. The number of piperazine rings is 1. The number of unbranched alkanes of at least 4 members (excludes halogenated alkanes) is 2. The van der Waals surface area contributed by atoms with Gasteiger partial charge in [0.2, 0.25) is 0 Å². The zero-order valence-corrected chi connectivity index (χ0v) is 15.6. The molecule has 2 heterocycles. The Balaban J connectivity index is 1.44. The van der Waals surface area contributed by atoms with Crippen LogP contribution < -0.4 is 10.6 Å². The molecule has 0 unspecified atom stereocenters. The molecule has 2 aliphatic rings. The summed E-state index contributed by atoms with van der Waals surface area (Å²) in [6.45, 7) is 5.88. The van der Waals surface area contributed by atoms with Crippen LogP contribution in [0.5, 0.6) is 0 Å². The van der Waals surface area contributed by atoms with E-state index in [0.717, 1.165) is 57.5 Å². The molecule has 0 bridgehead atoms. The number of nitrogens with zero attached hydrogens (tertiary/aromatic N) is 2. The van der Waals surface area contributed by atoms with Crippen molar-refractivity contribution in [1.29, 1.82) is 0 Å². The standard InChI is InChI=1S/C19H25ClN4O2/c20-16-6-4-15(5-7-16)14-17-18(25)24(19(26)22-17)11-3-1-2-10-23-12-8-21-9-13-23/h4-7,14,21H,1-3,8-13H2,(H,22,26)/b17-14+. The van der Waals surface area contributed by atoms with Crippen LogP contribution in [0.4, 0.5) is 4.79 Å². The number of amides is 3. The molecule has 0 aromatic heterocycles. The van der Waals surface area contributed by atoms with Gasteiger partial charge in [-0.2, -0.15) is 0 Å². The molecule has 26 heavy (non-hydrogen) atoms. The first-order valence-electron chi connectivity index (χ1n) is 9.17. The van der Waals surface area contributed by atoms with Crippen molar-refractivity contribution in [2.24, 2.45) is 0 Å². The first-order valence-corrected chi connectivity index (χ1v) is 9.54. The number of carbonyl (C=O) groups is 2. The Hall–Kier alpha value is -1.89. The Kier molecular flexibility index (Phi) is 6.66. The molecular weight excluding hydrogens is 352 g/mol. The molecule has 6 nitrogen and oxygen atoms in total. The lowest BCUT2D eigenvalue weighted by atomic mass is 10.2. The topological polar surface area (TPSA) is 64.7 Å². The van der Waals surface area contributed by atoms with Crippen LogP contribution in [0.2, 0.25) is 5.02 Å². The normalized spacial score (nSPS) is 20.0. The summed E-state index contributed by atoms with van der Waals surface area (Å²) in [5.74, 6) is -0.257. The fourth-order valence-corrected chi connectivity index (χ4v) is 3.34. The van der Waals surface area contributed by atoms with Crippen molar-refractivity contribution in [2.45, 2.75) is 19.3 Å². The van der Waals surface area contributed by atoms with Gasteiger partial charge in [-0.3, -0.25) is 9.69 Å². The second-order valence-electron chi connectivity index (χ2n) is 6.65. The van der Waals surface area contributed by atoms with Crippen molar-refractivity contribution in [3.63, 3.8) is 0 Å². The fourth-order valence-electron chi connectivity index (χ4n) is 3.22. The largest absolute Gasteiger partial charge is 0.329 e. The summed E-state index contributed by atoms with van der Waals surface area (Å²) in [4.78, 5) is 28.3. The van der Waals surface area contributed by atoms with Gasteiger partial charge >= 0.3 is 6.03 Å². The van der Waals surface area contributed by atoms with Crippen LogP contribution in [0.15, 0.2) is 30.0 Å². The molecular formula is C19H25ClN4O2. The number of hydrogen-bond donors (Lipinski definition) is 2. The summed E-state index contributed by atoms with van der Waals surface area (Å²) < 4.78 is 0. The molecule has 3 rings (SSSR count). The highest BCUT2D eigenvalue weighted by Crippen LogP contribution is 2.17. The summed E-state index contributed by atoms with van der Waals surface area (Å²) in [5, 5.41) is 6.64. The van der Waals surface area contributed by atoms with Crippen molar-refractivity contribution < 1.29 is 9.59 Å². The van der Waals surface area contributed by atoms with E-state index in [1.165, 1.54) is 4.90 Å². The van der Waals surface area contributed by atoms with E-state index in [1.807, 2.05) is 12.1 Å². The highest BCUT2D eigenvalue weighted by atomic mass is 35.5. The van der Waals surface area contributed by atoms with Crippen LogP contribution in [0, 0.1) is 0 Å². The Bertz CT molecular complexity index is 669. The first-order chi connectivity index (χ1) is 12.6. The van der Waals surface area contributed by atoms with E-state index in [9.17, 15) is 9.59 Å². The van der Waals surface area contributed by atoms with Gasteiger partial charge in [0.25, 0.3) is 5.91 Å². The number of nitrogens with one attached hydrogen (secondary N) is 2. The molecule has 1 aromatic carbocycles. The minimum absolute atomic E-state index is 0.257. The maximum Gasteiger partial charge on any atom is 0.329 e. The predicted octanol–water partition coefficient (Wildman–Crippen LogP) is 2.31. The van der Waals surface area contributed by atoms with Gasteiger partial charge in [0, 0.05) is 37.7 Å². The molecule has 140 valence electrons. The maximum absolute atomic E-state index is 12.4. The monoisotopic (exact) mass is 376 g/mol. The number of imide groups is 1. The zero-order valence-electron chi connectivity index (χ0n) is 14.8. The third kappa shape index (κ3) is 5.06. The lowest BCUT2D eigenvalue weighted by molar-refractivity contribution is -0.122. The highest BCUT2D eigenvalue weighted by molar-refractivity contribution is 6.30. The summed E-state index contributed by atoms with van der Waals surface area (Å²) in [5.41, 5.74) is 1.15. The molecule has 2 N–H and O–H groups in total. The second kappa shape index (κ2) is 9.16. The van der Waals surface area contributed by atoms with E-state index in [2.05, 4.69) is 15.5 Å². The quantitative estimate of drug-likeness (QED) is 0.435. The van der Waals surface area contributed by atoms with E-state index in [4.69, 9.17) is 11.6 Å². The van der Waals surface area contributed by atoms with Gasteiger partial charge in [-0.1, -0.05) is 30.2 Å². The summed E-state index contributed by atoms with van der Waals surface area (Å²) >= 11 is 5.86. The van der Waals surface area contributed by atoms with E-state index in [0.29, 0.717) is 17.3 Å². The third-order valence-electron chi connectivity index (χ3n) is 4.71. The number of hydrogen-bond acceptors (Lipinski definition) is 4. The average molecular weight is 377 g/mol. The highest BCUT2D eigenvalue weighted by Gasteiger charge is 2.32. The molecule has 2 saturated heterocycles. The van der Waals surface area contributed by atoms with E-state index >= 15 is 0 Å². The number of carbonyl (C=O) groups excluding carboxylic acids is 2. The molecule has 0 radical (unpaired) electrons. The van der Waals surface area contributed by atoms with Crippen LogP contribution in [0.1, 0.15) is 24.8 Å². The van der Waals surface area contributed by atoms with Gasteiger partial charge in [0.1, 0.15) is 5.70 Å². The van der Waals surface area contributed by atoms with Crippen LogP contribution in [0.25, 0.3) is 6.08 Å². The molecule has 0 atom stereocenters. The summed E-state index contributed by atoms with van der Waals surface area (Å²) in [6.07, 6.45) is 4.62. The van der Waals surface area contributed by atoms with Crippen molar-refractivity contribution in [3.8, 4) is 0 Å². The number of rotatable bonds is 7. The van der Waals surface area contributed by atoms with Crippen LogP contribution >= 0.6 is 11.6 Å². The minimum atomic E-state index is -0.336. The number of halogens is 1.